The molecule has 2 heteroatoms. The van der Waals surface area contributed by atoms with Gasteiger partial charge in [-0.25, -0.2) is 0 Å². The van der Waals surface area contributed by atoms with Crippen LogP contribution >= 0.6 is 23.2 Å². The first-order valence-corrected chi connectivity index (χ1v) is 5.36. The number of benzene rings is 1. The first kappa shape index (κ1) is 10.9. The van der Waals surface area contributed by atoms with E-state index in [0.717, 1.165) is 17.0 Å². The predicted molar refractivity (Wildman–Crippen MR) is 59.5 cm³/mol. The molecule has 0 N–H and O–H groups in total. The monoisotopic (exact) mass is 216 g/mol. The van der Waals surface area contributed by atoms with Gasteiger partial charge in [-0.1, -0.05) is 44.0 Å². The van der Waals surface area contributed by atoms with Crippen LogP contribution in [0.4, 0.5) is 0 Å². The largest absolute Gasteiger partial charge is 0.118 e. The normalized spacial score (nSPS) is 15.4. The summed E-state index contributed by atoms with van der Waals surface area (Å²) >= 11 is 12.1. The van der Waals surface area contributed by atoms with Crippen LogP contribution < -0.4 is 0 Å². The van der Waals surface area contributed by atoms with Gasteiger partial charge >= 0.3 is 0 Å². The van der Waals surface area contributed by atoms with E-state index in [1.165, 1.54) is 0 Å². The van der Waals surface area contributed by atoms with Gasteiger partial charge in [-0.05, 0) is 23.6 Å². The molecule has 0 aromatic heterocycles. The average molecular weight is 217 g/mol. The molecule has 1 aromatic carbocycles. The van der Waals surface area contributed by atoms with E-state index in [-0.39, 0.29) is 5.38 Å². The number of halogens is 2. The van der Waals surface area contributed by atoms with Crippen LogP contribution in [-0.4, -0.2) is 0 Å². The lowest BCUT2D eigenvalue weighted by Crippen LogP contribution is -2.01. The van der Waals surface area contributed by atoms with Gasteiger partial charge in [0.1, 0.15) is 0 Å². The van der Waals surface area contributed by atoms with Crippen molar-refractivity contribution in [2.75, 3.05) is 0 Å². The Labute approximate surface area is 89.9 Å². The van der Waals surface area contributed by atoms with Gasteiger partial charge in [0.25, 0.3) is 0 Å². The lowest BCUT2D eigenvalue weighted by molar-refractivity contribution is 0.542. The van der Waals surface area contributed by atoms with Crippen LogP contribution in [0.25, 0.3) is 0 Å². The van der Waals surface area contributed by atoms with Crippen molar-refractivity contribution < 1.29 is 0 Å². The number of alkyl halides is 1. The van der Waals surface area contributed by atoms with Crippen LogP contribution in [0.2, 0.25) is 5.02 Å². The molecule has 2 atom stereocenters. The van der Waals surface area contributed by atoms with E-state index >= 15 is 0 Å². The van der Waals surface area contributed by atoms with E-state index in [4.69, 9.17) is 23.2 Å². The Kier molecular flexibility index (Phi) is 4.08. The summed E-state index contributed by atoms with van der Waals surface area (Å²) < 4.78 is 0. The van der Waals surface area contributed by atoms with Crippen molar-refractivity contribution in [1.82, 2.24) is 0 Å². The Bertz CT molecular complexity index is 253. The molecule has 0 saturated carbocycles. The number of hydrogen-bond donors (Lipinski definition) is 0. The quantitative estimate of drug-likeness (QED) is 0.645. The molecule has 0 nitrogen and oxygen atoms in total. The summed E-state index contributed by atoms with van der Waals surface area (Å²) in [6.45, 7) is 4.31. The molecule has 13 heavy (non-hydrogen) atoms. The molecule has 0 spiro atoms. The van der Waals surface area contributed by atoms with Gasteiger partial charge in [-0.3, -0.25) is 0 Å². The first-order valence-electron chi connectivity index (χ1n) is 4.54. The van der Waals surface area contributed by atoms with Crippen LogP contribution in [0.15, 0.2) is 24.3 Å². The van der Waals surface area contributed by atoms with Crippen molar-refractivity contribution in [1.29, 1.82) is 0 Å². The van der Waals surface area contributed by atoms with E-state index in [2.05, 4.69) is 13.8 Å². The lowest BCUT2D eigenvalue weighted by Gasteiger charge is -2.16. The first-order chi connectivity index (χ1) is 6.15. The van der Waals surface area contributed by atoms with Crippen molar-refractivity contribution in [2.45, 2.75) is 25.6 Å². The van der Waals surface area contributed by atoms with Crippen LogP contribution in [0.5, 0.6) is 0 Å². The molecule has 0 saturated heterocycles. The molecular formula is C11H14Cl2. The Morgan fingerprint density at radius 2 is 1.77 bits per heavy atom. The molecule has 1 aromatic rings. The lowest BCUT2D eigenvalue weighted by atomic mass is 9.98. The minimum absolute atomic E-state index is 0.0993. The van der Waals surface area contributed by atoms with E-state index in [1.54, 1.807) is 0 Å². The van der Waals surface area contributed by atoms with E-state index in [1.807, 2.05) is 24.3 Å². The summed E-state index contributed by atoms with van der Waals surface area (Å²) in [5.41, 5.74) is 1.15. The van der Waals surface area contributed by atoms with Crippen molar-refractivity contribution in [3.8, 4) is 0 Å². The van der Waals surface area contributed by atoms with E-state index in [0.29, 0.717) is 5.92 Å². The minimum atomic E-state index is 0.0993. The number of hydrogen-bond acceptors (Lipinski definition) is 0. The van der Waals surface area contributed by atoms with Crippen LogP contribution in [0.3, 0.4) is 0 Å². The number of rotatable bonds is 3. The zero-order valence-corrected chi connectivity index (χ0v) is 9.44. The molecule has 0 fully saturated rings. The third-order valence-electron chi connectivity index (χ3n) is 2.33. The minimum Gasteiger partial charge on any atom is -0.118 e. The second-order valence-electron chi connectivity index (χ2n) is 3.34. The molecule has 72 valence electrons. The standard InChI is InChI=1S/C11H14Cl2/c1-3-8(2)11(13)9-4-6-10(12)7-5-9/h4-8,11H,3H2,1-2H3. The fourth-order valence-corrected chi connectivity index (χ4v) is 1.63. The Hall–Kier alpha value is -0.200. The van der Waals surface area contributed by atoms with Gasteiger partial charge < -0.3 is 0 Å². The highest BCUT2D eigenvalue weighted by Crippen LogP contribution is 2.31. The Balaban J connectivity index is 2.77. The zero-order valence-electron chi connectivity index (χ0n) is 7.93. The summed E-state index contributed by atoms with van der Waals surface area (Å²) in [6, 6.07) is 7.75. The smallest absolute Gasteiger partial charge is 0.0610 e. The molecule has 0 aliphatic rings. The SMILES string of the molecule is CCC(C)C(Cl)c1ccc(Cl)cc1. The molecule has 0 aliphatic heterocycles. The second kappa shape index (κ2) is 4.88. The van der Waals surface area contributed by atoms with E-state index < -0.39 is 0 Å². The van der Waals surface area contributed by atoms with Crippen LogP contribution in [0.1, 0.15) is 31.2 Å². The molecule has 0 aliphatic carbocycles. The zero-order chi connectivity index (χ0) is 9.84. The van der Waals surface area contributed by atoms with Crippen LogP contribution in [0, 0.1) is 5.92 Å². The van der Waals surface area contributed by atoms with Crippen molar-refractivity contribution in [3.05, 3.63) is 34.9 Å². The summed E-state index contributed by atoms with van der Waals surface area (Å²) in [7, 11) is 0. The second-order valence-corrected chi connectivity index (χ2v) is 4.25. The highest BCUT2D eigenvalue weighted by atomic mass is 35.5. The predicted octanol–water partition coefficient (Wildman–Crippen LogP) is 4.67. The Morgan fingerprint density at radius 3 is 2.23 bits per heavy atom. The van der Waals surface area contributed by atoms with Crippen LogP contribution in [-0.2, 0) is 0 Å². The van der Waals surface area contributed by atoms with Gasteiger partial charge in [-0.2, -0.15) is 0 Å². The molecule has 0 radical (unpaired) electrons. The maximum absolute atomic E-state index is 6.27. The third kappa shape index (κ3) is 2.89. The van der Waals surface area contributed by atoms with Gasteiger partial charge in [-0.15, -0.1) is 11.6 Å². The van der Waals surface area contributed by atoms with Gasteiger partial charge in [0.2, 0.25) is 0 Å². The third-order valence-corrected chi connectivity index (χ3v) is 3.27. The summed E-state index contributed by atoms with van der Waals surface area (Å²) in [6.07, 6.45) is 1.09. The topological polar surface area (TPSA) is 0 Å². The fourth-order valence-electron chi connectivity index (χ4n) is 1.18. The maximum Gasteiger partial charge on any atom is 0.0610 e. The van der Waals surface area contributed by atoms with Crippen molar-refractivity contribution in [2.24, 2.45) is 5.92 Å². The summed E-state index contributed by atoms with van der Waals surface area (Å²) in [5.74, 6) is 0.503. The highest BCUT2D eigenvalue weighted by Gasteiger charge is 2.14. The maximum atomic E-state index is 6.27. The van der Waals surface area contributed by atoms with E-state index in [9.17, 15) is 0 Å². The molecule has 1 rings (SSSR count). The highest BCUT2D eigenvalue weighted by molar-refractivity contribution is 6.30. The molecule has 0 bridgehead atoms. The summed E-state index contributed by atoms with van der Waals surface area (Å²) in [5, 5.41) is 0.860. The fraction of sp³-hybridized carbons (Fsp3) is 0.455. The summed E-state index contributed by atoms with van der Waals surface area (Å²) in [4.78, 5) is 0. The van der Waals surface area contributed by atoms with Gasteiger partial charge in [0, 0.05) is 5.02 Å². The van der Waals surface area contributed by atoms with Gasteiger partial charge in [0.05, 0.1) is 5.38 Å². The van der Waals surface area contributed by atoms with Gasteiger partial charge in [0.15, 0.2) is 0 Å². The average Bonchev–Trinajstić information content (AvgIpc) is 2.17. The van der Waals surface area contributed by atoms with Crippen molar-refractivity contribution in [3.63, 3.8) is 0 Å². The molecule has 0 amide bonds. The molecule has 2 unspecified atom stereocenters. The Morgan fingerprint density at radius 1 is 1.23 bits per heavy atom. The molecular weight excluding hydrogens is 203 g/mol. The molecule has 0 heterocycles. The van der Waals surface area contributed by atoms with Crippen molar-refractivity contribution >= 4 is 23.2 Å².